The van der Waals surface area contributed by atoms with Crippen LogP contribution >= 0.6 is 22.9 Å². The van der Waals surface area contributed by atoms with E-state index in [4.69, 9.17) is 9.94 Å². The van der Waals surface area contributed by atoms with Crippen molar-refractivity contribution in [3.05, 3.63) is 29.8 Å². The molecule has 1 aromatic rings. The van der Waals surface area contributed by atoms with E-state index in [-0.39, 0.29) is 5.56 Å². The molecule has 0 fully saturated rings. The molecule has 1 aromatic carbocycles. The van der Waals surface area contributed by atoms with Crippen LogP contribution in [0.2, 0.25) is 0 Å². The topological polar surface area (TPSA) is 58.6 Å². The standard InChI is InChI=1S/C7H6INO3/c8-9-12-6-4-2-1-3-5(6)7(10)11/h1-4,9H,(H,10,11). The predicted molar refractivity (Wildman–Crippen MR) is 51.2 cm³/mol. The van der Waals surface area contributed by atoms with Gasteiger partial charge in [-0.3, -0.25) is 0 Å². The van der Waals surface area contributed by atoms with Gasteiger partial charge in [0.1, 0.15) is 5.56 Å². The fourth-order valence-corrected chi connectivity index (χ4v) is 1.01. The van der Waals surface area contributed by atoms with E-state index in [0.29, 0.717) is 5.75 Å². The van der Waals surface area contributed by atoms with Crippen LogP contribution < -0.4 is 8.53 Å². The maximum Gasteiger partial charge on any atom is 0.339 e. The normalized spacial score (nSPS) is 9.42. The number of rotatable bonds is 3. The molecule has 64 valence electrons. The highest BCUT2D eigenvalue weighted by Gasteiger charge is 2.09. The number of halogens is 1. The number of carboxylic acid groups (broad SMARTS) is 1. The number of carboxylic acids is 1. The zero-order chi connectivity index (χ0) is 8.97. The number of hydrogen-bond acceptors (Lipinski definition) is 3. The summed E-state index contributed by atoms with van der Waals surface area (Å²) in [6, 6.07) is 6.40. The molecule has 0 bridgehead atoms. The van der Waals surface area contributed by atoms with Gasteiger partial charge in [0.25, 0.3) is 0 Å². The second kappa shape index (κ2) is 4.27. The van der Waals surface area contributed by atoms with Gasteiger partial charge in [0.2, 0.25) is 0 Å². The second-order valence-electron chi connectivity index (χ2n) is 1.98. The Morgan fingerprint density at radius 3 is 2.75 bits per heavy atom. The van der Waals surface area contributed by atoms with E-state index in [1.807, 2.05) is 0 Å². The first-order valence-electron chi connectivity index (χ1n) is 3.10. The summed E-state index contributed by atoms with van der Waals surface area (Å²) in [4.78, 5) is 15.4. The lowest BCUT2D eigenvalue weighted by atomic mass is 10.2. The van der Waals surface area contributed by atoms with Crippen molar-refractivity contribution in [3.8, 4) is 5.75 Å². The van der Waals surface area contributed by atoms with E-state index in [1.54, 1.807) is 41.1 Å². The number of benzene rings is 1. The van der Waals surface area contributed by atoms with Crippen molar-refractivity contribution in [2.75, 3.05) is 0 Å². The van der Waals surface area contributed by atoms with Crippen LogP contribution in [0.25, 0.3) is 0 Å². The van der Waals surface area contributed by atoms with Crippen LogP contribution in [0, 0.1) is 0 Å². The molecule has 0 amide bonds. The Morgan fingerprint density at radius 1 is 1.50 bits per heavy atom. The zero-order valence-corrected chi connectivity index (χ0v) is 8.11. The Kier molecular flexibility index (Phi) is 3.30. The molecule has 0 aliphatic heterocycles. The number of hydrogen-bond donors (Lipinski definition) is 2. The molecule has 4 nitrogen and oxygen atoms in total. The minimum atomic E-state index is -1.00. The fourth-order valence-electron chi connectivity index (χ4n) is 0.774. The summed E-state index contributed by atoms with van der Waals surface area (Å²) in [5.74, 6) is -0.698. The molecule has 0 saturated carbocycles. The summed E-state index contributed by atoms with van der Waals surface area (Å²) < 4.78 is 2.39. The Balaban J connectivity index is 3.00. The molecule has 0 aromatic heterocycles. The number of para-hydroxylation sites is 1. The fraction of sp³-hybridized carbons (Fsp3) is 0. The predicted octanol–water partition coefficient (Wildman–Crippen LogP) is 1.62. The molecule has 0 unspecified atom stereocenters. The summed E-state index contributed by atoms with van der Waals surface area (Å²) in [6.07, 6.45) is 0. The van der Waals surface area contributed by atoms with Crippen LogP contribution in [0.3, 0.4) is 0 Å². The monoisotopic (exact) mass is 279 g/mol. The molecule has 0 saturated heterocycles. The maximum atomic E-state index is 10.6. The smallest absolute Gasteiger partial charge is 0.339 e. The number of aromatic carboxylic acids is 1. The lowest BCUT2D eigenvalue weighted by Crippen LogP contribution is -2.08. The first-order valence-corrected chi connectivity index (χ1v) is 4.18. The Morgan fingerprint density at radius 2 is 2.17 bits per heavy atom. The van der Waals surface area contributed by atoms with Crippen LogP contribution in [0.15, 0.2) is 24.3 Å². The Bertz CT molecular complexity index is 290. The summed E-state index contributed by atoms with van der Waals surface area (Å²) in [7, 11) is 0. The Hall–Kier alpha value is -0.820. The van der Waals surface area contributed by atoms with Crippen molar-refractivity contribution < 1.29 is 14.7 Å². The summed E-state index contributed by atoms with van der Waals surface area (Å²) in [5.41, 5.74) is 0.140. The second-order valence-corrected chi connectivity index (χ2v) is 2.42. The minimum Gasteiger partial charge on any atom is -0.478 e. The highest BCUT2D eigenvalue weighted by atomic mass is 127. The molecule has 0 aliphatic rings. The molecule has 0 atom stereocenters. The van der Waals surface area contributed by atoms with E-state index in [0.717, 1.165) is 0 Å². The van der Waals surface area contributed by atoms with Crippen molar-refractivity contribution in [1.29, 1.82) is 0 Å². The van der Waals surface area contributed by atoms with E-state index in [9.17, 15) is 4.79 Å². The average Bonchev–Trinajstić information content (AvgIpc) is 2.05. The molecule has 0 heterocycles. The lowest BCUT2D eigenvalue weighted by Gasteiger charge is -2.03. The molecule has 1 rings (SSSR count). The zero-order valence-electron chi connectivity index (χ0n) is 5.95. The molecule has 0 radical (unpaired) electrons. The third-order valence-corrected chi connectivity index (χ3v) is 1.49. The largest absolute Gasteiger partial charge is 0.478 e. The molecule has 0 spiro atoms. The summed E-state index contributed by atoms with van der Waals surface area (Å²) in [5, 5.41) is 8.68. The van der Waals surface area contributed by atoms with Crippen molar-refractivity contribution in [3.63, 3.8) is 0 Å². The third-order valence-electron chi connectivity index (χ3n) is 1.27. The highest BCUT2D eigenvalue weighted by Crippen LogP contribution is 2.16. The SMILES string of the molecule is O=C(O)c1ccccc1ONI. The molecular formula is C7H6INO3. The van der Waals surface area contributed by atoms with Gasteiger partial charge in [-0.1, -0.05) is 15.8 Å². The number of nitrogens with one attached hydrogen (secondary N) is 1. The first kappa shape index (κ1) is 9.27. The molecule has 5 heteroatoms. The highest BCUT2D eigenvalue weighted by molar-refractivity contribution is 14.1. The van der Waals surface area contributed by atoms with Crippen LogP contribution in [0.1, 0.15) is 10.4 Å². The van der Waals surface area contributed by atoms with Gasteiger partial charge in [-0.15, -0.1) is 0 Å². The van der Waals surface area contributed by atoms with Gasteiger partial charge >= 0.3 is 5.97 Å². The Labute approximate surface area is 83.0 Å². The summed E-state index contributed by atoms with van der Waals surface area (Å²) in [6.45, 7) is 0. The third kappa shape index (κ3) is 2.08. The van der Waals surface area contributed by atoms with Crippen LogP contribution in [0.5, 0.6) is 5.75 Å². The van der Waals surface area contributed by atoms with Crippen molar-refractivity contribution in [2.45, 2.75) is 0 Å². The van der Waals surface area contributed by atoms with E-state index < -0.39 is 5.97 Å². The van der Waals surface area contributed by atoms with Gasteiger partial charge in [-0.2, -0.15) is 0 Å². The van der Waals surface area contributed by atoms with Crippen LogP contribution in [-0.4, -0.2) is 11.1 Å². The first-order chi connectivity index (χ1) is 5.75. The molecule has 12 heavy (non-hydrogen) atoms. The molecular weight excluding hydrogens is 273 g/mol. The van der Waals surface area contributed by atoms with Crippen molar-refractivity contribution in [2.24, 2.45) is 0 Å². The van der Waals surface area contributed by atoms with Gasteiger partial charge < -0.3 is 9.94 Å². The average molecular weight is 279 g/mol. The van der Waals surface area contributed by atoms with E-state index >= 15 is 0 Å². The molecule has 0 aliphatic carbocycles. The minimum absolute atomic E-state index is 0.140. The van der Waals surface area contributed by atoms with Gasteiger partial charge in [-0.25, -0.2) is 4.79 Å². The van der Waals surface area contributed by atoms with Gasteiger partial charge in [0.15, 0.2) is 5.75 Å². The van der Waals surface area contributed by atoms with Gasteiger partial charge in [0.05, 0.1) is 22.9 Å². The van der Waals surface area contributed by atoms with Crippen LogP contribution in [-0.2, 0) is 0 Å². The summed E-state index contributed by atoms with van der Waals surface area (Å²) >= 11 is 1.77. The lowest BCUT2D eigenvalue weighted by molar-refractivity contribution is 0.0691. The van der Waals surface area contributed by atoms with Crippen molar-refractivity contribution >= 4 is 28.8 Å². The maximum absolute atomic E-state index is 10.6. The van der Waals surface area contributed by atoms with Gasteiger partial charge in [-0.05, 0) is 12.1 Å². The van der Waals surface area contributed by atoms with Crippen LogP contribution in [0.4, 0.5) is 0 Å². The van der Waals surface area contributed by atoms with Crippen molar-refractivity contribution in [1.82, 2.24) is 3.69 Å². The molecule has 2 N–H and O–H groups in total. The van der Waals surface area contributed by atoms with E-state index in [1.165, 1.54) is 6.07 Å². The van der Waals surface area contributed by atoms with Gasteiger partial charge in [0, 0.05) is 0 Å². The van der Waals surface area contributed by atoms with E-state index in [2.05, 4.69) is 3.69 Å². The number of carbonyl (C=O) groups is 1. The quantitative estimate of drug-likeness (QED) is 0.501.